The molecule has 0 atom stereocenters. The van der Waals surface area contributed by atoms with Crippen LogP contribution in [0.5, 0.6) is 11.5 Å². The lowest BCUT2D eigenvalue weighted by molar-refractivity contribution is 0.414. The fraction of sp³-hybridized carbons (Fsp3) is 0.167. The van der Waals surface area contributed by atoms with Crippen molar-refractivity contribution in [3.63, 3.8) is 0 Å². The minimum absolute atomic E-state index is 0.302. The first-order valence-electron chi connectivity index (χ1n) is 7.51. The molecule has 0 aliphatic heterocycles. The molecule has 0 aliphatic carbocycles. The van der Waals surface area contributed by atoms with E-state index in [-0.39, 0.29) is 0 Å². The van der Waals surface area contributed by atoms with Gasteiger partial charge in [0.15, 0.2) is 11.0 Å². The van der Waals surface area contributed by atoms with Gasteiger partial charge in [-0.2, -0.15) is 5.26 Å². The van der Waals surface area contributed by atoms with E-state index >= 15 is 0 Å². The molecule has 0 spiro atoms. The lowest BCUT2D eigenvalue weighted by Crippen LogP contribution is -2.00. The number of rotatable bonds is 6. The molecule has 3 rings (SSSR count). The van der Waals surface area contributed by atoms with Crippen molar-refractivity contribution in [2.24, 2.45) is 0 Å². The lowest BCUT2D eigenvalue weighted by atomic mass is 10.2. The SMILES string of the molecule is COc1ccc(-c2nnc(SCC#N)n2-c2ccc(OC)cc2)cc1. The van der Waals surface area contributed by atoms with Gasteiger partial charge < -0.3 is 9.47 Å². The molecule has 126 valence electrons. The molecule has 0 saturated heterocycles. The maximum atomic E-state index is 8.88. The second-order valence-electron chi connectivity index (χ2n) is 5.01. The summed E-state index contributed by atoms with van der Waals surface area (Å²) in [5.74, 6) is 2.55. The molecule has 1 heterocycles. The van der Waals surface area contributed by atoms with Crippen molar-refractivity contribution in [1.82, 2.24) is 14.8 Å². The summed E-state index contributed by atoms with van der Waals surface area (Å²) in [6.45, 7) is 0. The van der Waals surface area contributed by atoms with Crippen LogP contribution in [0, 0.1) is 11.3 Å². The average molecular weight is 352 g/mol. The fourth-order valence-corrected chi connectivity index (χ4v) is 2.96. The maximum absolute atomic E-state index is 8.88. The van der Waals surface area contributed by atoms with Crippen molar-refractivity contribution in [2.45, 2.75) is 5.16 Å². The number of methoxy groups -OCH3 is 2. The van der Waals surface area contributed by atoms with Gasteiger partial charge in [-0.15, -0.1) is 10.2 Å². The zero-order valence-corrected chi connectivity index (χ0v) is 14.7. The van der Waals surface area contributed by atoms with Crippen molar-refractivity contribution in [1.29, 1.82) is 5.26 Å². The van der Waals surface area contributed by atoms with E-state index in [1.54, 1.807) is 14.2 Å². The summed E-state index contributed by atoms with van der Waals surface area (Å²) in [6, 6.07) is 17.4. The average Bonchev–Trinajstić information content (AvgIpc) is 3.10. The van der Waals surface area contributed by atoms with E-state index in [1.165, 1.54) is 11.8 Å². The first-order valence-corrected chi connectivity index (χ1v) is 8.49. The molecule has 0 amide bonds. The second-order valence-corrected chi connectivity index (χ2v) is 5.96. The van der Waals surface area contributed by atoms with Crippen molar-refractivity contribution in [3.8, 4) is 34.6 Å². The van der Waals surface area contributed by atoms with Crippen molar-refractivity contribution < 1.29 is 9.47 Å². The van der Waals surface area contributed by atoms with Gasteiger partial charge in [-0.25, -0.2) is 0 Å². The predicted molar refractivity (Wildman–Crippen MR) is 96.2 cm³/mol. The van der Waals surface area contributed by atoms with E-state index in [2.05, 4.69) is 16.3 Å². The largest absolute Gasteiger partial charge is 0.497 e. The van der Waals surface area contributed by atoms with E-state index in [9.17, 15) is 0 Å². The Morgan fingerprint density at radius 2 is 1.56 bits per heavy atom. The standard InChI is InChI=1S/C18H16N4O2S/c1-23-15-7-3-13(4-8-15)17-20-21-18(25-12-11-19)22(17)14-5-9-16(24-2)10-6-14/h3-10H,12H2,1-2H3. The van der Waals surface area contributed by atoms with Crippen LogP contribution in [0.2, 0.25) is 0 Å². The Hall–Kier alpha value is -2.98. The molecule has 0 bridgehead atoms. The molecule has 7 heteroatoms. The number of nitriles is 1. The quantitative estimate of drug-likeness (QED) is 0.632. The van der Waals surface area contributed by atoms with Gasteiger partial charge in [0.05, 0.1) is 26.0 Å². The first-order chi connectivity index (χ1) is 12.3. The van der Waals surface area contributed by atoms with Crippen LogP contribution < -0.4 is 9.47 Å². The molecule has 25 heavy (non-hydrogen) atoms. The number of ether oxygens (including phenoxy) is 2. The summed E-state index contributed by atoms with van der Waals surface area (Å²) in [4.78, 5) is 0. The fourth-order valence-electron chi connectivity index (χ4n) is 2.35. The Morgan fingerprint density at radius 3 is 2.12 bits per heavy atom. The second kappa shape index (κ2) is 7.73. The van der Waals surface area contributed by atoms with Gasteiger partial charge in [0, 0.05) is 11.3 Å². The summed E-state index contributed by atoms with van der Waals surface area (Å²) in [5.41, 5.74) is 1.81. The smallest absolute Gasteiger partial charge is 0.197 e. The molecule has 2 aromatic carbocycles. The molecular weight excluding hydrogens is 336 g/mol. The molecule has 0 fully saturated rings. The van der Waals surface area contributed by atoms with Crippen molar-refractivity contribution in [2.75, 3.05) is 20.0 Å². The summed E-state index contributed by atoms with van der Waals surface area (Å²) < 4.78 is 12.4. The monoisotopic (exact) mass is 352 g/mol. The molecule has 6 nitrogen and oxygen atoms in total. The van der Waals surface area contributed by atoms with Crippen LogP contribution in [0.1, 0.15) is 0 Å². The lowest BCUT2D eigenvalue weighted by Gasteiger charge is -2.11. The number of hydrogen-bond acceptors (Lipinski definition) is 6. The molecule has 3 aromatic rings. The third-order valence-corrected chi connectivity index (χ3v) is 4.37. The van der Waals surface area contributed by atoms with Crippen LogP contribution in [0.4, 0.5) is 0 Å². The molecular formula is C18H16N4O2S. The van der Waals surface area contributed by atoms with Crippen LogP contribution in [-0.4, -0.2) is 34.7 Å². The van der Waals surface area contributed by atoms with E-state index in [4.69, 9.17) is 14.7 Å². The molecule has 0 radical (unpaired) electrons. The summed E-state index contributed by atoms with van der Waals surface area (Å²) >= 11 is 1.35. The Labute approximate surface area is 150 Å². The summed E-state index contributed by atoms with van der Waals surface area (Å²) in [5, 5.41) is 18.1. The highest BCUT2D eigenvalue weighted by Crippen LogP contribution is 2.29. The number of aromatic nitrogens is 3. The topological polar surface area (TPSA) is 73.0 Å². The zero-order chi connectivity index (χ0) is 17.6. The molecule has 0 N–H and O–H groups in total. The first kappa shape index (κ1) is 16.9. The Kier molecular flexibility index (Phi) is 5.21. The van der Waals surface area contributed by atoms with Gasteiger partial charge in [-0.3, -0.25) is 4.57 Å². The molecule has 0 saturated carbocycles. The Balaban J connectivity index is 2.08. The third kappa shape index (κ3) is 3.59. The minimum atomic E-state index is 0.302. The van der Waals surface area contributed by atoms with Crippen LogP contribution >= 0.6 is 11.8 Å². The van der Waals surface area contributed by atoms with Crippen LogP contribution in [0.25, 0.3) is 17.1 Å². The van der Waals surface area contributed by atoms with Gasteiger partial charge in [0.2, 0.25) is 0 Å². The number of hydrogen-bond donors (Lipinski definition) is 0. The zero-order valence-electron chi connectivity index (χ0n) is 13.8. The van der Waals surface area contributed by atoms with E-state index in [0.29, 0.717) is 16.7 Å². The highest BCUT2D eigenvalue weighted by atomic mass is 32.2. The van der Waals surface area contributed by atoms with Crippen LogP contribution in [0.3, 0.4) is 0 Å². The van der Waals surface area contributed by atoms with Gasteiger partial charge >= 0.3 is 0 Å². The van der Waals surface area contributed by atoms with Gasteiger partial charge in [0.25, 0.3) is 0 Å². The molecule has 0 aliphatic rings. The Morgan fingerprint density at radius 1 is 0.960 bits per heavy atom. The predicted octanol–water partition coefficient (Wildman–Crippen LogP) is 3.57. The maximum Gasteiger partial charge on any atom is 0.197 e. The highest BCUT2D eigenvalue weighted by molar-refractivity contribution is 7.99. The third-order valence-electron chi connectivity index (χ3n) is 3.58. The highest BCUT2D eigenvalue weighted by Gasteiger charge is 2.16. The van der Waals surface area contributed by atoms with E-state index < -0.39 is 0 Å². The van der Waals surface area contributed by atoms with E-state index in [1.807, 2.05) is 53.1 Å². The van der Waals surface area contributed by atoms with Gasteiger partial charge in [-0.05, 0) is 48.5 Å². The Bertz CT molecular complexity index is 883. The number of nitrogens with zero attached hydrogens (tertiary/aromatic N) is 4. The minimum Gasteiger partial charge on any atom is -0.497 e. The van der Waals surface area contributed by atoms with Crippen molar-refractivity contribution in [3.05, 3.63) is 48.5 Å². The number of thioether (sulfide) groups is 1. The summed E-state index contributed by atoms with van der Waals surface area (Å²) in [7, 11) is 3.26. The van der Waals surface area contributed by atoms with E-state index in [0.717, 1.165) is 22.7 Å². The molecule has 0 unspecified atom stereocenters. The normalized spacial score (nSPS) is 10.3. The van der Waals surface area contributed by atoms with Gasteiger partial charge in [0.1, 0.15) is 11.5 Å². The van der Waals surface area contributed by atoms with Crippen molar-refractivity contribution >= 4 is 11.8 Å². The van der Waals surface area contributed by atoms with Gasteiger partial charge in [-0.1, -0.05) is 11.8 Å². The molecule has 1 aromatic heterocycles. The van der Waals surface area contributed by atoms with Crippen LogP contribution in [0.15, 0.2) is 53.7 Å². The number of benzene rings is 2. The summed E-state index contributed by atoms with van der Waals surface area (Å²) in [6.07, 6.45) is 0. The van der Waals surface area contributed by atoms with Crippen LogP contribution in [-0.2, 0) is 0 Å².